The van der Waals surface area contributed by atoms with Gasteiger partial charge in [-0.05, 0) is 45.6 Å². The third kappa shape index (κ3) is 3.51. The Bertz CT molecular complexity index is 704. The SMILES string of the molecule is CC1(C)CC[C@H](C(O)c2cccc(N=NN3CCCC3)c2F)N1C(=O)O. The summed E-state index contributed by atoms with van der Waals surface area (Å²) in [4.78, 5) is 12.9. The molecule has 0 aromatic heterocycles. The van der Waals surface area contributed by atoms with Gasteiger partial charge in [-0.3, -0.25) is 9.91 Å². The molecule has 2 atom stereocenters. The molecule has 2 fully saturated rings. The van der Waals surface area contributed by atoms with Crippen molar-refractivity contribution in [2.75, 3.05) is 13.1 Å². The molecule has 2 aliphatic heterocycles. The Morgan fingerprint density at radius 3 is 2.69 bits per heavy atom. The minimum absolute atomic E-state index is 0.0487. The molecule has 2 heterocycles. The summed E-state index contributed by atoms with van der Waals surface area (Å²) in [7, 11) is 0. The summed E-state index contributed by atoms with van der Waals surface area (Å²) in [6.45, 7) is 5.23. The molecule has 0 radical (unpaired) electrons. The smallest absolute Gasteiger partial charge is 0.408 e. The van der Waals surface area contributed by atoms with E-state index in [1.54, 1.807) is 11.1 Å². The van der Waals surface area contributed by atoms with Crippen LogP contribution in [0.3, 0.4) is 0 Å². The Morgan fingerprint density at radius 1 is 1.35 bits per heavy atom. The van der Waals surface area contributed by atoms with E-state index in [9.17, 15) is 19.4 Å². The van der Waals surface area contributed by atoms with E-state index in [0.29, 0.717) is 12.8 Å². The van der Waals surface area contributed by atoms with E-state index in [-0.39, 0.29) is 11.3 Å². The van der Waals surface area contributed by atoms with Crippen LogP contribution in [-0.4, -0.2) is 50.9 Å². The van der Waals surface area contributed by atoms with E-state index in [1.807, 2.05) is 13.8 Å². The maximum atomic E-state index is 14.9. The lowest BCUT2D eigenvalue weighted by molar-refractivity contribution is 0.0347. The highest BCUT2D eigenvalue weighted by molar-refractivity contribution is 5.67. The minimum Gasteiger partial charge on any atom is -0.465 e. The van der Waals surface area contributed by atoms with Crippen LogP contribution in [-0.2, 0) is 0 Å². The molecular formula is C18H25FN4O3. The zero-order valence-electron chi connectivity index (χ0n) is 15.1. The molecule has 7 nitrogen and oxygen atoms in total. The third-order valence-corrected chi connectivity index (χ3v) is 5.29. The van der Waals surface area contributed by atoms with Crippen LogP contribution in [0.2, 0.25) is 0 Å². The number of benzene rings is 1. The van der Waals surface area contributed by atoms with Gasteiger partial charge in [0.05, 0.1) is 6.04 Å². The summed E-state index contributed by atoms with van der Waals surface area (Å²) in [5.41, 5.74) is -0.495. The Hall–Kier alpha value is -2.22. The molecule has 1 aromatic carbocycles. The van der Waals surface area contributed by atoms with Crippen LogP contribution in [0.5, 0.6) is 0 Å². The van der Waals surface area contributed by atoms with Crippen LogP contribution in [0, 0.1) is 5.82 Å². The molecule has 3 rings (SSSR count). The van der Waals surface area contributed by atoms with Crippen LogP contribution in [0.4, 0.5) is 14.9 Å². The largest absolute Gasteiger partial charge is 0.465 e. The second kappa shape index (κ2) is 7.19. The quantitative estimate of drug-likeness (QED) is 0.794. The van der Waals surface area contributed by atoms with E-state index in [2.05, 4.69) is 10.3 Å². The van der Waals surface area contributed by atoms with Gasteiger partial charge in [-0.15, -0.1) is 5.11 Å². The topological polar surface area (TPSA) is 88.7 Å². The predicted molar refractivity (Wildman–Crippen MR) is 93.6 cm³/mol. The van der Waals surface area contributed by atoms with Crippen molar-refractivity contribution in [2.24, 2.45) is 10.3 Å². The second-order valence-electron chi connectivity index (χ2n) is 7.55. The fraction of sp³-hybridized carbons (Fsp3) is 0.611. The number of rotatable bonds is 4. The number of aliphatic hydroxyl groups is 1. The van der Waals surface area contributed by atoms with Crippen molar-refractivity contribution >= 4 is 11.8 Å². The second-order valence-corrected chi connectivity index (χ2v) is 7.55. The summed E-state index contributed by atoms with van der Waals surface area (Å²) in [6, 6.07) is 3.88. The standard InChI is InChI=1S/C18H25FN4O3/c1-18(2)9-8-14(23(18)17(25)26)16(24)12-6-5-7-13(15(12)19)20-21-22-10-3-4-11-22/h5-7,14,16,24H,3-4,8-11H2,1-2H3,(H,25,26)/t14-,16?/m1/s1. The minimum atomic E-state index is -1.25. The molecule has 0 aliphatic carbocycles. The molecule has 8 heteroatoms. The Kier molecular flexibility index (Phi) is 5.13. The van der Waals surface area contributed by atoms with Crippen molar-refractivity contribution < 1.29 is 19.4 Å². The van der Waals surface area contributed by atoms with Gasteiger partial charge in [0.1, 0.15) is 11.8 Å². The maximum absolute atomic E-state index is 14.9. The normalized spacial score (nSPS) is 23.8. The molecule has 1 unspecified atom stereocenters. The number of likely N-dealkylation sites (tertiary alicyclic amines) is 1. The molecule has 2 saturated heterocycles. The number of carboxylic acid groups (broad SMARTS) is 1. The van der Waals surface area contributed by atoms with Gasteiger partial charge < -0.3 is 10.2 Å². The average molecular weight is 364 g/mol. The van der Waals surface area contributed by atoms with E-state index >= 15 is 0 Å². The molecule has 0 saturated carbocycles. The van der Waals surface area contributed by atoms with Crippen molar-refractivity contribution in [1.29, 1.82) is 0 Å². The Balaban J connectivity index is 1.84. The number of hydrogen-bond donors (Lipinski definition) is 2. The molecule has 26 heavy (non-hydrogen) atoms. The van der Waals surface area contributed by atoms with Crippen LogP contribution in [0.15, 0.2) is 28.5 Å². The fourth-order valence-electron chi connectivity index (χ4n) is 3.85. The van der Waals surface area contributed by atoms with Gasteiger partial charge in [-0.1, -0.05) is 17.4 Å². The summed E-state index contributed by atoms with van der Waals surface area (Å²) < 4.78 is 14.9. The van der Waals surface area contributed by atoms with Gasteiger partial charge in [-0.2, -0.15) is 0 Å². The van der Waals surface area contributed by atoms with Gasteiger partial charge in [-0.25, -0.2) is 9.18 Å². The summed E-state index contributed by atoms with van der Waals surface area (Å²) in [6.07, 6.45) is 0.804. The first-order chi connectivity index (χ1) is 12.3. The van der Waals surface area contributed by atoms with Crippen molar-refractivity contribution in [3.05, 3.63) is 29.6 Å². The first kappa shape index (κ1) is 18.6. The number of amides is 1. The fourth-order valence-corrected chi connectivity index (χ4v) is 3.85. The average Bonchev–Trinajstić information content (AvgIpc) is 3.20. The van der Waals surface area contributed by atoms with Crippen molar-refractivity contribution in [3.8, 4) is 0 Å². The van der Waals surface area contributed by atoms with E-state index in [1.165, 1.54) is 17.0 Å². The Morgan fingerprint density at radius 2 is 2.04 bits per heavy atom. The van der Waals surface area contributed by atoms with Gasteiger partial charge in [0.15, 0.2) is 5.82 Å². The highest BCUT2D eigenvalue weighted by Crippen LogP contribution is 2.40. The molecule has 0 spiro atoms. The van der Waals surface area contributed by atoms with Crippen LogP contribution in [0.1, 0.15) is 51.2 Å². The molecule has 1 aromatic rings. The molecule has 0 bridgehead atoms. The highest BCUT2D eigenvalue weighted by Gasteiger charge is 2.46. The summed E-state index contributed by atoms with van der Waals surface area (Å²) in [5, 5.41) is 30.1. The van der Waals surface area contributed by atoms with Gasteiger partial charge in [0.2, 0.25) is 0 Å². The van der Waals surface area contributed by atoms with Crippen LogP contribution in [0.25, 0.3) is 0 Å². The molecule has 142 valence electrons. The van der Waals surface area contributed by atoms with Crippen molar-refractivity contribution in [2.45, 2.75) is 57.2 Å². The van der Waals surface area contributed by atoms with E-state index in [4.69, 9.17) is 0 Å². The lowest BCUT2D eigenvalue weighted by Crippen LogP contribution is -2.48. The van der Waals surface area contributed by atoms with Crippen molar-refractivity contribution in [3.63, 3.8) is 0 Å². The number of nitrogens with zero attached hydrogens (tertiary/aromatic N) is 4. The van der Waals surface area contributed by atoms with Gasteiger partial charge >= 0.3 is 6.09 Å². The molecule has 2 N–H and O–H groups in total. The zero-order chi connectivity index (χ0) is 18.9. The lowest BCUT2D eigenvalue weighted by atomic mass is 9.99. The molecular weight excluding hydrogens is 339 g/mol. The summed E-state index contributed by atoms with van der Waals surface area (Å²) in [5.74, 6) is -0.655. The van der Waals surface area contributed by atoms with Crippen LogP contribution < -0.4 is 0 Å². The lowest BCUT2D eigenvalue weighted by Gasteiger charge is -2.35. The first-order valence-electron chi connectivity index (χ1n) is 8.96. The Labute approximate surface area is 152 Å². The first-order valence-corrected chi connectivity index (χ1v) is 8.96. The highest BCUT2D eigenvalue weighted by atomic mass is 19.1. The maximum Gasteiger partial charge on any atom is 0.408 e. The number of hydrogen-bond acceptors (Lipinski definition) is 4. The van der Waals surface area contributed by atoms with Gasteiger partial charge in [0.25, 0.3) is 0 Å². The summed E-state index contributed by atoms with van der Waals surface area (Å²) >= 11 is 0. The van der Waals surface area contributed by atoms with E-state index < -0.39 is 29.6 Å². The van der Waals surface area contributed by atoms with Crippen LogP contribution >= 0.6 is 0 Å². The molecule has 2 aliphatic rings. The number of aliphatic hydroxyl groups excluding tert-OH is 1. The zero-order valence-corrected chi connectivity index (χ0v) is 15.1. The molecule has 1 amide bonds. The number of carbonyl (C=O) groups is 1. The van der Waals surface area contributed by atoms with Crippen molar-refractivity contribution in [1.82, 2.24) is 9.91 Å². The van der Waals surface area contributed by atoms with Gasteiger partial charge in [0, 0.05) is 24.2 Å². The monoisotopic (exact) mass is 364 g/mol. The van der Waals surface area contributed by atoms with E-state index in [0.717, 1.165) is 25.9 Å². The number of halogens is 1. The predicted octanol–water partition coefficient (Wildman–Crippen LogP) is 3.87. The third-order valence-electron chi connectivity index (χ3n) is 5.29.